The molecular weight excluding hydrogens is 355 g/mol. The van der Waals surface area contributed by atoms with Crippen LogP contribution in [0.4, 0.5) is 11.5 Å². The minimum absolute atomic E-state index is 0.333. The van der Waals surface area contributed by atoms with Crippen LogP contribution >= 0.6 is 34.8 Å². The standard InChI is InChI=1S/C16H9Cl3N4/c17-10-5-9(6-11(18)15(10)19)21-16-14-7-20-8-23(14)13-4-2-1-3-12(13)22-16/h1-8H,(H,21,22). The van der Waals surface area contributed by atoms with E-state index in [4.69, 9.17) is 34.8 Å². The molecule has 2 aromatic heterocycles. The van der Waals surface area contributed by atoms with Gasteiger partial charge in [0.25, 0.3) is 0 Å². The minimum atomic E-state index is 0.333. The van der Waals surface area contributed by atoms with Crippen LogP contribution in [-0.2, 0) is 0 Å². The number of para-hydroxylation sites is 2. The molecule has 0 unspecified atom stereocenters. The zero-order valence-electron chi connectivity index (χ0n) is 11.6. The fraction of sp³-hybridized carbons (Fsp3) is 0. The topological polar surface area (TPSA) is 42.2 Å². The second kappa shape index (κ2) is 5.57. The van der Waals surface area contributed by atoms with Gasteiger partial charge in [-0.25, -0.2) is 9.97 Å². The lowest BCUT2D eigenvalue weighted by Gasteiger charge is -2.11. The molecule has 0 spiro atoms. The van der Waals surface area contributed by atoms with Crippen LogP contribution in [0.25, 0.3) is 16.6 Å². The van der Waals surface area contributed by atoms with E-state index in [1.54, 1.807) is 24.7 Å². The number of aromatic nitrogens is 3. The van der Waals surface area contributed by atoms with Crippen LogP contribution in [0.5, 0.6) is 0 Å². The highest BCUT2D eigenvalue weighted by molar-refractivity contribution is 6.48. The van der Waals surface area contributed by atoms with Crippen molar-refractivity contribution in [2.75, 3.05) is 5.32 Å². The number of rotatable bonds is 2. The van der Waals surface area contributed by atoms with Gasteiger partial charge in [-0.1, -0.05) is 46.9 Å². The van der Waals surface area contributed by atoms with E-state index in [0.717, 1.165) is 16.6 Å². The SMILES string of the molecule is Clc1cc(Nc2nc3ccccc3n3cncc23)cc(Cl)c1Cl. The number of fused-ring (bicyclic) bond motifs is 3. The van der Waals surface area contributed by atoms with E-state index in [-0.39, 0.29) is 0 Å². The maximum Gasteiger partial charge on any atom is 0.157 e. The summed E-state index contributed by atoms with van der Waals surface area (Å²) in [5.74, 6) is 0.663. The Balaban J connectivity index is 1.89. The highest BCUT2D eigenvalue weighted by Gasteiger charge is 2.11. The summed E-state index contributed by atoms with van der Waals surface area (Å²) < 4.78 is 1.98. The van der Waals surface area contributed by atoms with Crippen molar-refractivity contribution in [3.63, 3.8) is 0 Å². The van der Waals surface area contributed by atoms with Gasteiger partial charge < -0.3 is 5.32 Å². The normalized spacial score (nSPS) is 11.3. The number of nitrogens with one attached hydrogen (secondary N) is 1. The summed E-state index contributed by atoms with van der Waals surface area (Å²) in [6.07, 6.45) is 3.51. The Morgan fingerprint density at radius 1 is 0.957 bits per heavy atom. The molecule has 1 N–H and O–H groups in total. The summed E-state index contributed by atoms with van der Waals surface area (Å²) in [7, 11) is 0. The van der Waals surface area contributed by atoms with Crippen molar-refractivity contribution in [2.45, 2.75) is 0 Å². The van der Waals surface area contributed by atoms with Crippen LogP contribution < -0.4 is 5.32 Å². The number of hydrogen-bond acceptors (Lipinski definition) is 3. The smallest absolute Gasteiger partial charge is 0.157 e. The third-order valence-electron chi connectivity index (χ3n) is 3.50. The van der Waals surface area contributed by atoms with Crippen molar-refractivity contribution in [1.82, 2.24) is 14.4 Å². The van der Waals surface area contributed by atoms with E-state index in [9.17, 15) is 0 Å². The molecule has 0 atom stereocenters. The van der Waals surface area contributed by atoms with E-state index in [2.05, 4.69) is 15.3 Å². The molecule has 0 aliphatic rings. The molecule has 0 saturated carbocycles. The molecule has 0 bridgehead atoms. The molecule has 0 fully saturated rings. The van der Waals surface area contributed by atoms with E-state index in [0.29, 0.717) is 26.6 Å². The molecule has 0 amide bonds. The van der Waals surface area contributed by atoms with Gasteiger partial charge in [-0.3, -0.25) is 4.40 Å². The average Bonchev–Trinajstić information content (AvgIpc) is 3.03. The molecule has 4 nitrogen and oxygen atoms in total. The second-order valence-corrected chi connectivity index (χ2v) is 6.17. The summed E-state index contributed by atoms with van der Waals surface area (Å²) >= 11 is 18.2. The molecule has 7 heteroatoms. The highest BCUT2D eigenvalue weighted by atomic mass is 35.5. The van der Waals surface area contributed by atoms with E-state index >= 15 is 0 Å². The van der Waals surface area contributed by atoms with Gasteiger partial charge in [0.15, 0.2) is 5.82 Å². The predicted octanol–water partition coefficient (Wildman–Crippen LogP) is 5.59. The van der Waals surface area contributed by atoms with Gasteiger partial charge >= 0.3 is 0 Å². The fourth-order valence-electron chi connectivity index (χ4n) is 2.46. The van der Waals surface area contributed by atoms with Gasteiger partial charge in [0, 0.05) is 5.69 Å². The number of imidazole rings is 1. The molecule has 2 heterocycles. The van der Waals surface area contributed by atoms with Crippen LogP contribution in [0, 0.1) is 0 Å². The summed E-state index contributed by atoms with van der Waals surface area (Å²) in [4.78, 5) is 8.87. The number of halogens is 3. The van der Waals surface area contributed by atoms with Crippen LogP contribution in [0.15, 0.2) is 48.9 Å². The van der Waals surface area contributed by atoms with Crippen molar-refractivity contribution in [3.8, 4) is 0 Å². The zero-order chi connectivity index (χ0) is 16.0. The van der Waals surface area contributed by atoms with Crippen LogP contribution in [0.1, 0.15) is 0 Å². The van der Waals surface area contributed by atoms with Crippen molar-refractivity contribution >= 4 is 62.9 Å². The Morgan fingerprint density at radius 2 is 1.70 bits per heavy atom. The van der Waals surface area contributed by atoms with Gasteiger partial charge in [0.1, 0.15) is 5.52 Å². The van der Waals surface area contributed by atoms with Gasteiger partial charge in [0.05, 0.1) is 38.6 Å². The average molecular weight is 364 g/mol. The second-order valence-electron chi connectivity index (χ2n) is 4.98. The summed E-state index contributed by atoms with van der Waals surface area (Å²) in [5.41, 5.74) is 3.39. The van der Waals surface area contributed by atoms with E-state index < -0.39 is 0 Å². The van der Waals surface area contributed by atoms with E-state index in [1.807, 2.05) is 28.7 Å². The minimum Gasteiger partial charge on any atom is -0.338 e. The number of nitrogens with zero attached hydrogens (tertiary/aromatic N) is 3. The monoisotopic (exact) mass is 362 g/mol. The van der Waals surface area contributed by atoms with E-state index in [1.165, 1.54) is 0 Å². The lowest BCUT2D eigenvalue weighted by Crippen LogP contribution is -1.99. The molecule has 0 saturated heterocycles. The summed E-state index contributed by atoms with van der Waals surface area (Å²) in [5, 5.41) is 4.33. The lowest BCUT2D eigenvalue weighted by molar-refractivity contribution is 1.19. The molecule has 0 radical (unpaired) electrons. The van der Waals surface area contributed by atoms with Crippen molar-refractivity contribution in [2.24, 2.45) is 0 Å². The Bertz CT molecular complexity index is 1020. The first kappa shape index (κ1) is 14.6. The molecule has 114 valence electrons. The van der Waals surface area contributed by atoms with Crippen molar-refractivity contribution < 1.29 is 0 Å². The predicted molar refractivity (Wildman–Crippen MR) is 95.2 cm³/mol. The maximum atomic E-state index is 6.08. The lowest BCUT2D eigenvalue weighted by atomic mass is 10.3. The van der Waals surface area contributed by atoms with Crippen molar-refractivity contribution in [3.05, 3.63) is 64.0 Å². The molecule has 0 aliphatic carbocycles. The van der Waals surface area contributed by atoms with Crippen molar-refractivity contribution in [1.29, 1.82) is 0 Å². The van der Waals surface area contributed by atoms with Crippen LogP contribution in [0.2, 0.25) is 15.1 Å². The van der Waals surface area contributed by atoms with Gasteiger partial charge in [-0.2, -0.15) is 0 Å². The van der Waals surface area contributed by atoms with Gasteiger partial charge in [0.2, 0.25) is 0 Å². The Labute approximate surface area is 146 Å². The number of anilines is 2. The Kier molecular flexibility index (Phi) is 3.53. The Morgan fingerprint density at radius 3 is 2.48 bits per heavy atom. The molecule has 4 rings (SSSR count). The maximum absolute atomic E-state index is 6.08. The van der Waals surface area contributed by atoms with Crippen LogP contribution in [0.3, 0.4) is 0 Å². The first-order valence-corrected chi connectivity index (χ1v) is 7.89. The molecule has 4 aromatic rings. The van der Waals surface area contributed by atoms with Gasteiger partial charge in [-0.05, 0) is 24.3 Å². The number of hydrogen-bond donors (Lipinski definition) is 1. The third kappa shape index (κ3) is 2.49. The first-order chi connectivity index (χ1) is 11.1. The molecular formula is C16H9Cl3N4. The largest absolute Gasteiger partial charge is 0.338 e. The molecule has 23 heavy (non-hydrogen) atoms. The molecule has 2 aromatic carbocycles. The van der Waals surface area contributed by atoms with Gasteiger partial charge in [-0.15, -0.1) is 0 Å². The zero-order valence-corrected chi connectivity index (χ0v) is 13.9. The summed E-state index contributed by atoms with van der Waals surface area (Å²) in [6, 6.07) is 11.3. The quantitative estimate of drug-likeness (QED) is 0.472. The summed E-state index contributed by atoms with van der Waals surface area (Å²) in [6.45, 7) is 0. The third-order valence-corrected chi connectivity index (χ3v) is 4.70. The Hall–Kier alpha value is -2.01. The first-order valence-electron chi connectivity index (χ1n) is 6.76. The fourth-order valence-corrected chi connectivity index (χ4v) is 3.05. The highest BCUT2D eigenvalue weighted by Crippen LogP contribution is 2.34. The molecule has 0 aliphatic heterocycles. The van der Waals surface area contributed by atoms with Crippen LogP contribution in [-0.4, -0.2) is 14.4 Å². The number of benzene rings is 2.